The van der Waals surface area contributed by atoms with Crippen LogP contribution in [0, 0.1) is 0 Å². The highest BCUT2D eigenvalue weighted by molar-refractivity contribution is 6.03. The second-order valence-electron chi connectivity index (χ2n) is 7.87. The van der Waals surface area contributed by atoms with Gasteiger partial charge in [0, 0.05) is 31.7 Å². The summed E-state index contributed by atoms with van der Waals surface area (Å²) in [6, 6.07) is 15.0. The monoisotopic (exact) mass is 435 g/mol. The molecule has 2 aromatic carbocycles. The predicted molar refractivity (Wildman–Crippen MR) is 126 cm³/mol. The van der Waals surface area contributed by atoms with Gasteiger partial charge in [-0.1, -0.05) is 0 Å². The van der Waals surface area contributed by atoms with E-state index < -0.39 is 0 Å². The molecule has 0 saturated carbocycles. The van der Waals surface area contributed by atoms with Crippen molar-refractivity contribution < 1.29 is 9.47 Å². The number of piperazine rings is 1. The molecule has 0 unspecified atom stereocenters. The van der Waals surface area contributed by atoms with Gasteiger partial charge in [-0.2, -0.15) is 5.10 Å². The lowest BCUT2D eigenvalue weighted by atomic mass is 10.1. The summed E-state index contributed by atoms with van der Waals surface area (Å²) in [7, 11) is 5.36. The van der Waals surface area contributed by atoms with E-state index in [9.17, 15) is 4.79 Å². The number of ether oxygens (including phenoxy) is 2. The smallest absolute Gasteiger partial charge is 0.281 e. The molecule has 1 aliphatic heterocycles. The molecular weight excluding hydrogens is 406 g/mol. The number of benzene rings is 2. The van der Waals surface area contributed by atoms with Gasteiger partial charge >= 0.3 is 0 Å². The van der Waals surface area contributed by atoms with Crippen molar-refractivity contribution >= 4 is 5.71 Å². The van der Waals surface area contributed by atoms with Crippen LogP contribution in [0.3, 0.4) is 0 Å². The van der Waals surface area contributed by atoms with Crippen LogP contribution in [0.25, 0.3) is 16.9 Å². The summed E-state index contributed by atoms with van der Waals surface area (Å²) in [5.74, 6) is 1.49. The molecule has 3 aromatic rings. The van der Waals surface area contributed by atoms with Gasteiger partial charge in [0.15, 0.2) is 0 Å². The van der Waals surface area contributed by atoms with Crippen LogP contribution >= 0.6 is 0 Å². The van der Waals surface area contributed by atoms with Crippen LogP contribution in [0.2, 0.25) is 0 Å². The van der Waals surface area contributed by atoms with Crippen LogP contribution in [0.5, 0.6) is 11.5 Å². The number of likely N-dealkylation sites (N-methyl/N-ethyl adjacent to an activating group) is 1. The molecule has 4 rings (SSSR count). The molecule has 0 spiro atoms. The van der Waals surface area contributed by atoms with E-state index in [1.807, 2.05) is 60.5 Å². The van der Waals surface area contributed by atoms with E-state index >= 15 is 0 Å². The maximum atomic E-state index is 13.5. The van der Waals surface area contributed by atoms with Crippen LogP contribution < -0.4 is 15.0 Å². The molecule has 168 valence electrons. The third kappa shape index (κ3) is 4.40. The number of nitrogens with one attached hydrogen (secondary N) is 1. The molecule has 1 aromatic heterocycles. The minimum Gasteiger partial charge on any atom is -0.497 e. The van der Waals surface area contributed by atoms with Crippen LogP contribution in [0.4, 0.5) is 0 Å². The highest BCUT2D eigenvalue weighted by Gasteiger charge is 2.21. The molecule has 32 heavy (non-hydrogen) atoms. The first-order chi connectivity index (χ1) is 15.5. The Hall–Kier alpha value is -3.52. The molecule has 0 amide bonds. The SMILES string of the molecule is COc1ccc(-c2[nH]n(-c3ccc(OC)cc3)c(=O)c2C(C)=NN2CCN(C)CC2)cc1. The molecule has 0 radical (unpaired) electrons. The van der Waals surface area contributed by atoms with Crippen LogP contribution in [0.1, 0.15) is 12.5 Å². The lowest BCUT2D eigenvalue weighted by Crippen LogP contribution is -2.42. The molecule has 1 saturated heterocycles. The molecule has 0 atom stereocenters. The number of H-pyrrole nitrogens is 1. The number of hydrazone groups is 1. The highest BCUT2D eigenvalue weighted by atomic mass is 16.5. The molecule has 8 heteroatoms. The lowest BCUT2D eigenvalue weighted by molar-refractivity contribution is 0.159. The van der Waals surface area contributed by atoms with Gasteiger partial charge < -0.3 is 14.4 Å². The van der Waals surface area contributed by atoms with Gasteiger partial charge in [0.05, 0.1) is 36.9 Å². The van der Waals surface area contributed by atoms with Gasteiger partial charge in [0.25, 0.3) is 5.56 Å². The number of aromatic amines is 1. The summed E-state index contributed by atoms with van der Waals surface area (Å²) >= 11 is 0. The number of methoxy groups -OCH3 is 2. The summed E-state index contributed by atoms with van der Waals surface area (Å²) in [6.45, 7) is 5.47. The first kappa shape index (κ1) is 21.7. The quantitative estimate of drug-likeness (QED) is 0.603. The topological polar surface area (TPSA) is 75.1 Å². The van der Waals surface area contributed by atoms with Crippen molar-refractivity contribution in [2.24, 2.45) is 5.10 Å². The van der Waals surface area contributed by atoms with Crippen LogP contribution in [-0.4, -0.2) is 72.8 Å². The van der Waals surface area contributed by atoms with E-state index in [1.165, 1.54) is 0 Å². The Balaban J connectivity index is 1.80. The molecule has 0 aliphatic carbocycles. The average molecular weight is 436 g/mol. The third-order valence-electron chi connectivity index (χ3n) is 5.73. The van der Waals surface area contributed by atoms with Crippen LogP contribution in [-0.2, 0) is 0 Å². The van der Waals surface area contributed by atoms with Crippen molar-refractivity contribution in [2.45, 2.75) is 6.92 Å². The first-order valence-corrected chi connectivity index (χ1v) is 10.6. The Morgan fingerprint density at radius 3 is 2.03 bits per heavy atom. The molecule has 2 heterocycles. The van der Waals surface area contributed by atoms with E-state index in [4.69, 9.17) is 14.6 Å². The molecule has 0 bridgehead atoms. The summed E-state index contributed by atoms with van der Waals surface area (Å²) in [5.41, 5.74) is 3.45. The molecule has 1 fully saturated rings. The van der Waals surface area contributed by atoms with Gasteiger partial charge in [-0.15, -0.1) is 0 Å². The van der Waals surface area contributed by atoms with Crippen LogP contribution in [0.15, 0.2) is 58.4 Å². The van der Waals surface area contributed by atoms with Crippen molar-refractivity contribution in [1.82, 2.24) is 19.7 Å². The molecular formula is C24H29N5O3. The number of hydrogen-bond donors (Lipinski definition) is 1. The Kier molecular flexibility index (Phi) is 6.32. The van der Waals surface area contributed by atoms with Gasteiger partial charge in [-0.05, 0) is 62.5 Å². The minimum atomic E-state index is -0.142. The van der Waals surface area contributed by atoms with E-state index in [1.54, 1.807) is 18.9 Å². The van der Waals surface area contributed by atoms with Crippen molar-refractivity contribution in [3.05, 3.63) is 64.4 Å². The van der Waals surface area contributed by atoms with Gasteiger partial charge in [0.1, 0.15) is 11.5 Å². The normalized spacial score (nSPS) is 15.1. The summed E-state index contributed by atoms with van der Waals surface area (Å²) < 4.78 is 12.1. The fraction of sp³-hybridized carbons (Fsp3) is 0.333. The van der Waals surface area contributed by atoms with Gasteiger partial charge in [0.2, 0.25) is 0 Å². The Labute approximate surface area is 187 Å². The molecule has 8 nitrogen and oxygen atoms in total. The van der Waals surface area contributed by atoms with E-state index in [0.29, 0.717) is 11.3 Å². The zero-order chi connectivity index (χ0) is 22.7. The van der Waals surface area contributed by atoms with E-state index in [0.717, 1.165) is 54.6 Å². The zero-order valence-corrected chi connectivity index (χ0v) is 19.0. The zero-order valence-electron chi connectivity index (χ0n) is 19.0. The minimum absolute atomic E-state index is 0.142. The Bertz CT molecular complexity index is 1140. The predicted octanol–water partition coefficient (Wildman–Crippen LogP) is 2.82. The lowest BCUT2D eigenvalue weighted by Gasteiger charge is -2.30. The fourth-order valence-corrected chi connectivity index (χ4v) is 3.81. The van der Waals surface area contributed by atoms with Crippen molar-refractivity contribution in [3.8, 4) is 28.4 Å². The molecule has 1 N–H and O–H groups in total. The van der Waals surface area contributed by atoms with Gasteiger partial charge in [-0.3, -0.25) is 14.9 Å². The first-order valence-electron chi connectivity index (χ1n) is 10.6. The van der Waals surface area contributed by atoms with E-state index in [2.05, 4.69) is 17.0 Å². The number of rotatable bonds is 6. The highest BCUT2D eigenvalue weighted by Crippen LogP contribution is 2.25. The second kappa shape index (κ2) is 9.32. The van der Waals surface area contributed by atoms with Crippen molar-refractivity contribution in [3.63, 3.8) is 0 Å². The number of aromatic nitrogens is 2. The Morgan fingerprint density at radius 1 is 0.906 bits per heavy atom. The summed E-state index contributed by atoms with van der Waals surface area (Å²) in [4.78, 5) is 15.8. The summed E-state index contributed by atoms with van der Waals surface area (Å²) in [5, 5.41) is 10.1. The number of nitrogens with zero attached hydrogens (tertiary/aromatic N) is 4. The maximum absolute atomic E-state index is 13.5. The summed E-state index contributed by atoms with van der Waals surface area (Å²) in [6.07, 6.45) is 0. The third-order valence-corrected chi connectivity index (χ3v) is 5.73. The Morgan fingerprint density at radius 2 is 1.47 bits per heavy atom. The number of hydrogen-bond acceptors (Lipinski definition) is 6. The van der Waals surface area contributed by atoms with Gasteiger partial charge in [-0.25, -0.2) is 4.68 Å². The second-order valence-corrected chi connectivity index (χ2v) is 7.87. The maximum Gasteiger partial charge on any atom is 0.281 e. The standard InChI is InChI=1S/C24H29N5O3/c1-17(25-28-15-13-27(2)14-16-28)22-23(18-5-9-20(31-3)10-6-18)26-29(24(22)30)19-7-11-21(32-4)12-8-19/h5-12,26H,13-16H2,1-4H3. The van der Waals surface area contributed by atoms with Crippen molar-refractivity contribution in [2.75, 3.05) is 47.4 Å². The average Bonchev–Trinajstić information content (AvgIpc) is 3.17. The van der Waals surface area contributed by atoms with E-state index in [-0.39, 0.29) is 5.56 Å². The van der Waals surface area contributed by atoms with Crippen molar-refractivity contribution in [1.29, 1.82) is 0 Å². The fourth-order valence-electron chi connectivity index (χ4n) is 3.81. The largest absolute Gasteiger partial charge is 0.497 e. The molecule has 1 aliphatic rings.